The maximum atomic E-state index is 12.9. The lowest BCUT2D eigenvalue weighted by molar-refractivity contribution is -0.137. The predicted molar refractivity (Wildman–Crippen MR) is 97.6 cm³/mol. The number of hydrogen-bond donors (Lipinski definition) is 1. The van der Waals surface area contributed by atoms with Gasteiger partial charge >= 0.3 is 12.2 Å². The van der Waals surface area contributed by atoms with Crippen LogP contribution in [0.4, 0.5) is 23.7 Å². The monoisotopic (exact) mass is 396 g/mol. The van der Waals surface area contributed by atoms with Crippen LogP contribution in [-0.4, -0.2) is 35.9 Å². The molecule has 0 aromatic heterocycles. The molecule has 2 amide bonds. The molecule has 0 radical (unpaired) electrons. The third kappa shape index (κ3) is 3.85. The Labute approximate surface area is 159 Å². The van der Waals surface area contributed by atoms with Gasteiger partial charge in [-0.1, -0.05) is 41.9 Å². The molecule has 2 aromatic rings. The molecule has 1 atom stereocenters. The van der Waals surface area contributed by atoms with Crippen molar-refractivity contribution >= 4 is 29.2 Å². The molecule has 5 nitrogen and oxygen atoms in total. The Bertz CT molecular complexity index is 898. The summed E-state index contributed by atoms with van der Waals surface area (Å²) in [4.78, 5) is 14.4. The summed E-state index contributed by atoms with van der Waals surface area (Å²) < 4.78 is 38.6. The van der Waals surface area contributed by atoms with Crippen LogP contribution in [0.5, 0.6) is 0 Å². The van der Waals surface area contributed by atoms with Crippen molar-refractivity contribution in [2.75, 3.05) is 19.4 Å². The van der Waals surface area contributed by atoms with E-state index < -0.39 is 23.3 Å². The second kappa shape index (κ2) is 7.11. The number of rotatable bonds is 1. The number of carbonyl (C=O) groups is 1. The number of hydrogen-bond acceptors (Lipinski definition) is 3. The van der Waals surface area contributed by atoms with Gasteiger partial charge in [0.2, 0.25) is 0 Å². The molecule has 1 aliphatic heterocycles. The number of anilines is 1. The van der Waals surface area contributed by atoms with E-state index in [1.54, 1.807) is 31.1 Å². The number of hydrazone groups is 1. The Hall–Kier alpha value is -2.74. The molecular weight excluding hydrogens is 381 g/mol. The van der Waals surface area contributed by atoms with Crippen LogP contribution < -0.4 is 5.32 Å². The van der Waals surface area contributed by atoms with Gasteiger partial charge in [-0.2, -0.15) is 18.2 Å². The Balaban J connectivity index is 1.90. The van der Waals surface area contributed by atoms with Crippen molar-refractivity contribution in [2.24, 2.45) is 5.10 Å². The molecule has 1 heterocycles. The van der Waals surface area contributed by atoms with Crippen molar-refractivity contribution in [1.82, 2.24) is 9.91 Å². The third-order valence-electron chi connectivity index (χ3n) is 3.95. The van der Waals surface area contributed by atoms with Gasteiger partial charge in [-0.3, -0.25) is 0 Å². The zero-order chi connectivity index (χ0) is 19.8. The van der Waals surface area contributed by atoms with E-state index in [0.29, 0.717) is 11.4 Å². The van der Waals surface area contributed by atoms with Gasteiger partial charge in [0, 0.05) is 30.9 Å². The van der Waals surface area contributed by atoms with Crippen LogP contribution in [0.2, 0.25) is 0 Å². The second-order valence-corrected chi connectivity index (χ2v) is 6.51. The van der Waals surface area contributed by atoms with Crippen molar-refractivity contribution in [3.05, 3.63) is 65.2 Å². The largest absolute Gasteiger partial charge is 0.416 e. The van der Waals surface area contributed by atoms with E-state index in [0.717, 1.165) is 22.7 Å². The summed E-state index contributed by atoms with van der Waals surface area (Å²) in [6.07, 6.45) is -4.50. The molecule has 0 aliphatic carbocycles. The van der Waals surface area contributed by atoms with Gasteiger partial charge in [0.15, 0.2) is 11.3 Å². The highest BCUT2D eigenvalue weighted by Gasteiger charge is 2.33. The Morgan fingerprint density at radius 2 is 1.89 bits per heavy atom. The molecule has 9 heteroatoms. The first kappa shape index (κ1) is 19.0. The van der Waals surface area contributed by atoms with Crippen molar-refractivity contribution in [3.8, 4) is 0 Å². The summed E-state index contributed by atoms with van der Waals surface area (Å²) >= 11 is 6.41. The van der Waals surface area contributed by atoms with Gasteiger partial charge in [-0.15, -0.1) is 5.10 Å². The van der Waals surface area contributed by atoms with E-state index >= 15 is 0 Å². The Kier molecular flexibility index (Phi) is 5.01. The molecule has 0 spiro atoms. The molecule has 1 aliphatic rings. The second-order valence-electron chi connectivity index (χ2n) is 6.09. The molecule has 27 heavy (non-hydrogen) atoms. The summed E-state index contributed by atoms with van der Waals surface area (Å²) in [5, 5.41) is 7.72. The first-order valence-electron chi connectivity index (χ1n) is 7.95. The highest BCUT2D eigenvalue weighted by Crippen LogP contribution is 2.34. The molecule has 1 unspecified atom stereocenters. The lowest BCUT2D eigenvalue weighted by atomic mass is 10.0. The molecule has 0 fully saturated rings. The van der Waals surface area contributed by atoms with Crippen molar-refractivity contribution < 1.29 is 18.0 Å². The molecule has 3 rings (SSSR count). The zero-order valence-corrected chi connectivity index (χ0v) is 15.2. The lowest BCUT2D eigenvalue weighted by Crippen LogP contribution is -2.39. The maximum Gasteiger partial charge on any atom is 0.416 e. The number of nitrogens with zero attached hydrogens (tertiary/aromatic N) is 3. The number of nitrogens with one attached hydrogen (secondary N) is 1. The fourth-order valence-corrected chi connectivity index (χ4v) is 3.00. The maximum absolute atomic E-state index is 12.9. The predicted octanol–water partition coefficient (Wildman–Crippen LogP) is 4.71. The van der Waals surface area contributed by atoms with Gasteiger partial charge in [-0.25, -0.2) is 4.79 Å². The SMILES string of the molecule is CN(C)C1=NN(C(=O)Nc2cccc(C(F)(F)F)c2)C(Cl)c2ccccc21. The van der Waals surface area contributed by atoms with E-state index in [2.05, 4.69) is 10.4 Å². The number of alkyl halides is 4. The summed E-state index contributed by atoms with van der Waals surface area (Å²) in [5.41, 5.74) is -0.290. The van der Waals surface area contributed by atoms with E-state index in [-0.39, 0.29) is 5.69 Å². The summed E-state index contributed by atoms with van der Waals surface area (Å²) in [6, 6.07) is 10.9. The first-order valence-corrected chi connectivity index (χ1v) is 8.39. The van der Waals surface area contributed by atoms with Crippen LogP contribution in [0.3, 0.4) is 0 Å². The average molecular weight is 397 g/mol. The summed E-state index contributed by atoms with van der Waals surface area (Å²) in [6.45, 7) is 0. The molecule has 0 saturated carbocycles. The summed E-state index contributed by atoms with van der Waals surface area (Å²) in [5.74, 6) is 0.515. The highest BCUT2D eigenvalue weighted by molar-refractivity contribution is 6.23. The highest BCUT2D eigenvalue weighted by atomic mass is 35.5. The lowest BCUT2D eigenvalue weighted by Gasteiger charge is -2.32. The minimum Gasteiger partial charge on any atom is -0.361 e. The number of carbonyl (C=O) groups excluding carboxylic acids is 1. The van der Waals surface area contributed by atoms with Crippen molar-refractivity contribution in [2.45, 2.75) is 11.7 Å². The molecule has 2 aromatic carbocycles. The van der Waals surface area contributed by atoms with E-state index in [9.17, 15) is 18.0 Å². The minimum atomic E-state index is -4.50. The molecule has 0 bridgehead atoms. The van der Waals surface area contributed by atoms with Gasteiger partial charge in [0.05, 0.1) is 5.56 Å². The smallest absolute Gasteiger partial charge is 0.361 e. The van der Waals surface area contributed by atoms with Gasteiger partial charge in [0.25, 0.3) is 0 Å². The summed E-state index contributed by atoms with van der Waals surface area (Å²) in [7, 11) is 3.54. The molecular formula is C18H16ClF3N4O. The number of amidine groups is 1. The minimum absolute atomic E-state index is 0.000784. The van der Waals surface area contributed by atoms with Crippen LogP contribution in [0, 0.1) is 0 Å². The number of halogens is 4. The van der Waals surface area contributed by atoms with Gasteiger partial charge in [-0.05, 0) is 18.2 Å². The fourth-order valence-electron chi connectivity index (χ4n) is 2.68. The van der Waals surface area contributed by atoms with E-state index in [4.69, 9.17) is 11.6 Å². The van der Waals surface area contributed by atoms with Crippen LogP contribution in [0.1, 0.15) is 22.2 Å². The molecule has 0 saturated heterocycles. The number of amides is 2. The van der Waals surface area contributed by atoms with E-state index in [1.165, 1.54) is 12.1 Å². The van der Waals surface area contributed by atoms with E-state index in [1.807, 2.05) is 12.1 Å². The topological polar surface area (TPSA) is 47.9 Å². The van der Waals surface area contributed by atoms with Gasteiger partial charge in [0.1, 0.15) is 0 Å². The van der Waals surface area contributed by atoms with Crippen LogP contribution >= 0.6 is 11.6 Å². The van der Waals surface area contributed by atoms with Crippen LogP contribution in [0.15, 0.2) is 53.6 Å². The molecule has 1 N–H and O–H groups in total. The van der Waals surface area contributed by atoms with Crippen molar-refractivity contribution in [1.29, 1.82) is 0 Å². The fraction of sp³-hybridized carbons (Fsp3) is 0.222. The van der Waals surface area contributed by atoms with Crippen LogP contribution in [-0.2, 0) is 6.18 Å². The average Bonchev–Trinajstić information content (AvgIpc) is 2.61. The standard InChI is InChI=1S/C18H16ClF3N4O/c1-25(2)16-14-9-4-3-8-13(14)15(19)26(24-16)17(27)23-12-7-5-6-11(10-12)18(20,21)22/h3-10,15H,1-2H3,(H,23,27). The normalized spacial score (nSPS) is 16.4. The zero-order valence-electron chi connectivity index (χ0n) is 14.5. The number of benzene rings is 2. The quantitative estimate of drug-likeness (QED) is 0.560. The molecule has 142 valence electrons. The van der Waals surface area contributed by atoms with Crippen LogP contribution in [0.25, 0.3) is 0 Å². The van der Waals surface area contributed by atoms with Crippen molar-refractivity contribution in [3.63, 3.8) is 0 Å². The van der Waals surface area contributed by atoms with Gasteiger partial charge < -0.3 is 10.2 Å². The number of urea groups is 1. The Morgan fingerprint density at radius 1 is 1.19 bits per heavy atom. The first-order chi connectivity index (χ1) is 12.7. The number of fused-ring (bicyclic) bond motifs is 1. The third-order valence-corrected chi connectivity index (χ3v) is 4.37. The Morgan fingerprint density at radius 3 is 2.56 bits per heavy atom.